The highest BCUT2D eigenvalue weighted by Gasteiger charge is 2.52. The lowest BCUT2D eigenvalue weighted by Gasteiger charge is -2.58. The van der Waals surface area contributed by atoms with Crippen molar-refractivity contribution in [2.45, 2.75) is 110 Å². The first-order chi connectivity index (χ1) is 11.1. The van der Waals surface area contributed by atoms with Gasteiger partial charge < -0.3 is 0 Å². The zero-order chi connectivity index (χ0) is 16.4. The summed E-state index contributed by atoms with van der Waals surface area (Å²) in [5.74, 6) is 0.935. The van der Waals surface area contributed by atoms with Crippen LogP contribution < -0.4 is 0 Å². The first kappa shape index (κ1) is 17.3. The van der Waals surface area contributed by atoms with E-state index in [2.05, 4.69) is 19.9 Å². The van der Waals surface area contributed by atoms with E-state index in [9.17, 15) is 5.26 Å². The number of nitriles is 1. The topological polar surface area (TPSA) is 23.8 Å². The van der Waals surface area contributed by atoms with Crippen LogP contribution in [0.2, 0.25) is 0 Å². The van der Waals surface area contributed by atoms with Crippen molar-refractivity contribution < 1.29 is 0 Å². The van der Waals surface area contributed by atoms with E-state index >= 15 is 0 Å². The highest BCUT2D eigenvalue weighted by atomic mass is 14.6. The number of unbranched alkanes of at least 4 members (excludes halogenated alkanes) is 1. The molecule has 0 amide bonds. The van der Waals surface area contributed by atoms with Crippen molar-refractivity contribution in [3.8, 4) is 6.07 Å². The Bertz CT molecular complexity index is 411. The smallest absolute Gasteiger partial charge is 0.0689 e. The Morgan fingerprint density at radius 1 is 0.826 bits per heavy atom. The van der Waals surface area contributed by atoms with Crippen molar-refractivity contribution in [2.75, 3.05) is 0 Å². The molecule has 0 unspecified atom stereocenters. The summed E-state index contributed by atoms with van der Waals surface area (Å²) in [7, 11) is 0. The van der Waals surface area contributed by atoms with E-state index in [1.807, 2.05) is 0 Å². The van der Waals surface area contributed by atoms with Gasteiger partial charge in [0.1, 0.15) is 0 Å². The molecular formula is C22H37N. The quantitative estimate of drug-likeness (QED) is 0.516. The fraction of sp³-hybridized carbons (Fsp3) is 0.955. The second-order valence-corrected chi connectivity index (χ2v) is 9.38. The molecule has 0 aromatic rings. The Labute approximate surface area is 144 Å². The summed E-state index contributed by atoms with van der Waals surface area (Å²) in [6, 6.07) is 2.71. The predicted molar refractivity (Wildman–Crippen MR) is 97.0 cm³/mol. The molecule has 23 heavy (non-hydrogen) atoms. The van der Waals surface area contributed by atoms with Crippen LogP contribution in [0.4, 0.5) is 0 Å². The molecule has 2 bridgehead atoms. The van der Waals surface area contributed by atoms with Crippen LogP contribution in [0.5, 0.6) is 0 Å². The summed E-state index contributed by atoms with van der Waals surface area (Å²) in [6.07, 6.45) is 20.7. The normalized spacial score (nSPS) is 43.3. The van der Waals surface area contributed by atoms with Gasteiger partial charge in [-0.05, 0) is 93.8 Å². The Balaban J connectivity index is 1.59. The standard InChI is InChI=1S/C22H37N/c1-3-5-9-20-12-15-22(16-13-20,17-14-20)19-6-10-21(18-23,8-4-2)11-7-19/h19H,3-17H2,1-2H3. The van der Waals surface area contributed by atoms with E-state index in [0.29, 0.717) is 5.41 Å². The van der Waals surface area contributed by atoms with E-state index in [0.717, 1.165) is 17.8 Å². The van der Waals surface area contributed by atoms with Gasteiger partial charge in [-0.3, -0.25) is 0 Å². The minimum Gasteiger partial charge on any atom is -0.198 e. The van der Waals surface area contributed by atoms with Crippen LogP contribution in [0.1, 0.15) is 110 Å². The Morgan fingerprint density at radius 3 is 1.91 bits per heavy atom. The van der Waals surface area contributed by atoms with Crippen LogP contribution in [-0.4, -0.2) is 0 Å². The molecule has 4 aliphatic carbocycles. The fourth-order valence-electron chi connectivity index (χ4n) is 6.51. The van der Waals surface area contributed by atoms with Gasteiger partial charge >= 0.3 is 0 Å². The largest absolute Gasteiger partial charge is 0.198 e. The molecule has 130 valence electrons. The van der Waals surface area contributed by atoms with Crippen LogP contribution in [0.3, 0.4) is 0 Å². The second-order valence-electron chi connectivity index (χ2n) is 9.38. The van der Waals surface area contributed by atoms with Gasteiger partial charge in [-0.25, -0.2) is 0 Å². The molecule has 0 N–H and O–H groups in total. The third kappa shape index (κ3) is 3.20. The predicted octanol–water partition coefficient (Wildman–Crippen LogP) is 7.02. The maximum Gasteiger partial charge on any atom is 0.0689 e. The number of rotatable bonds is 6. The summed E-state index contributed by atoms with van der Waals surface area (Å²) in [4.78, 5) is 0. The lowest BCUT2D eigenvalue weighted by atomic mass is 9.47. The third-order valence-electron chi connectivity index (χ3n) is 8.29. The lowest BCUT2D eigenvalue weighted by molar-refractivity contribution is -0.0688. The Morgan fingerprint density at radius 2 is 1.43 bits per heavy atom. The fourth-order valence-corrected chi connectivity index (χ4v) is 6.51. The molecule has 4 aliphatic rings. The van der Waals surface area contributed by atoms with Gasteiger partial charge in [0.05, 0.1) is 11.5 Å². The van der Waals surface area contributed by atoms with Crippen LogP contribution in [-0.2, 0) is 0 Å². The van der Waals surface area contributed by atoms with Gasteiger partial charge in [0.25, 0.3) is 0 Å². The molecule has 4 saturated carbocycles. The molecule has 4 fully saturated rings. The van der Waals surface area contributed by atoms with Gasteiger partial charge in [0.15, 0.2) is 0 Å². The maximum absolute atomic E-state index is 9.66. The molecule has 0 aromatic carbocycles. The van der Waals surface area contributed by atoms with E-state index < -0.39 is 0 Å². The molecule has 0 saturated heterocycles. The first-order valence-corrected chi connectivity index (χ1v) is 10.5. The zero-order valence-electron chi connectivity index (χ0n) is 15.6. The van der Waals surface area contributed by atoms with Crippen LogP contribution in [0.15, 0.2) is 0 Å². The van der Waals surface area contributed by atoms with Crippen LogP contribution >= 0.6 is 0 Å². The molecule has 0 heterocycles. The van der Waals surface area contributed by atoms with Crippen LogP contribution in [0, 0.1) is 33.5 Å². The molecule has 4 rings (SSSR count). The zero-order valence-corrected chi connectivity index (χ0v) is 15.6. The number of hydrogen-bond acceptors (Lipinski definition) is 1. The summed E-state index contributed by atoms with van der Waals surface area (Å²) < 4.78 is 0. The van der Waals surface area contributed by atoms with Crippen molar-refractivity contribution >= 4 is 0 Å². The molecule has 0 spiro atoms. The average Bonchev–Trinajstić information content (AvgIpc) is 2.62. The summed E-state index contributed by atoms with van der Waals surface area (Å²) in [5.41, 5.74) is 1.46. The van der Waals surface area contributed by atoms with Gasteiger partial charge in [-0.2, -0.15) is 5.26 Å². The molecular weight excluding hydrogens is 278 g/mol. The molecule has 1 heteroatoms. The minimum atomic E-state index is 0.0378. The molecule has 1 nitrogen and oxygen atoms in total. The number of fused-ring (bicyclic) bond motifs is 3. The molecule has 0 aromatic heterocycles. The van der Waals surface area contributed by atoms with Gasteiger partial charge in [-0.15, -0.1) is 0 Å². The van der Waals surface area contributed by atoms with Crippen LogP contribution in [0.25, 0.3) is 0 Å². The second kappa shape index (κ2) is 6.78. The molecule has 0 radical (unpaired) electrons. The third-order valence-corrected chi connectivity index (χ3v) is 8.29. The summed E-state index contributed by atoms with van der Waals surface area (Å²) in [5, 5.41) is 9.66. The molecule has 0 aliphatic heterocycles. The number of hydrogen-bond donors (Lipinski definition) is 0. The van der Waals surface area contributed by atoms with Crippen molar-refractivity contribution in [3.63, 3.8) is 0 Å². The maximum atomic E-state index is 9.66. The van der Waals surface area contributed by atoms with Crippen molar-refractivity contribution in [2.24, 2.45) is 22.2 Å². The van der Waals surface area contributed by atoms with E-state index in [1.165, 1.54) is 89.9 Å². The Kier molecular flexibility index (Phi) is 5.10. The van der Waals surface area contributed by atoms with Gasteiger partial charge in [0, 0.05) is 0 Å². The van der Waals surface area contributed by atoms with E-state index in [1.54, 1.807) is 0 Å². The molecule has 0 atom stereocenters. The van der Waals surface area contributed by atoms with E-state index in [-0.39, 0.29) is 5.41 Å². The highest BCUT2D eigenvalue weighted by molar-refractivity contribution is 5.07. The number of nitrogens with zero attached hydrogens (tertiary/aromatic N) is 1. The SMILES string of the molecule is CCCCC12CCC(C3CCC(C#N)(CCC)CC3)(CC1)CC2. The van der Waals surface area contributed by atoms with E-state index in [4.69, 9.17) is 0 Å². The Hall–Kier alpha value is -0.510. The van der Waals surface area contributed by atoms with Crippen molar-refractivity contribution in [1.82, 2.24) is 0 Å². The van der Waals surface area contributed by atoms with Gasteiger partial charge in [-0.1, -0.05) is 33.1 Å². The van der Waals surface area contributed by atoms with Gasteiger partial charge in [0.2, 0.25) is 0 Å². The monoisotopic (exact) mass is 315 g/mol. The minimum absolute atomic E-state index is 0.0378. The lowest BCUT2D eigenvalue weighted by Crippen LogP contribution is -2.47. The van der Waals surface area contributed by atoms with Crippen molar-refractivity contribution in [3.05, 3.63) is 0 Å². The van der Waals surface area contributed by atoms with Crippen molar-refractivity contribution in [1.29, 1.82) is 5.26 Å². The average molecular weight is 316 g/mol. The summed E-state index contributed by atoms with van der Waals surface area (Å²) in [6.45, 7) is 4.58. The first-order valence-electron chi connectivity index (χ1n) is 10.5. The summed E-state index contributed by atoms with van der Waals surface area (Å²) >= 11 is 0. The highest BCUT2D eigenvalue weighted by Crippen LogP contribution is 2.64.